The number of rotatable bonds is 3. The average molecular weight is 238 g/mol. The summed E-state index contributed by atoms with van der Waals surface area (Å²) in [6, 6.07) is 5.19. The summed E-state index contributed by atoms with van der Waals surface area (Å²) in [5.41, 5.74) is 2.45. The molecule has 0 saturated carbocycles. The highest BCUT2D eigenvalue weighted by Crippen LogP contribution is 2.22. The van der Waals surface area contributed by atoms with Gasteiger partial charge in [0.05, 0.1) is 5.56 Å². The van der Waals surface area contributed by atoms with Crippen LogP contribution in [0.3, 0.4) is 0 Å². The largest absolute Gasteiger partial charge is 0.353 e. The molecule has 0 spiro atoms. The highest BCUT2D eigenvalue weighted by atomic mass is 35.5. The first-order chi connectivity index (χ1) is 7.60. The molecule has 16 heavy (non-hydrogen) atoms. The number of aryl methyl sites for hydroxylation is 1. The zero-order chi connectivity index (χ0) is 12.1. The van der Waals surface area contributed by atoms with E-state index in [1.54, 1.807) is 12.1 Å². The summed E-state index contributed by atoms with van der Waals surface area (Å²) in [4.78, 5) is 11.3. The molecule has 0 aliphatic rings. The van der Waals surface area contributed by atoms with Crippen LogP contribution in [0.15, 0.2) is 18.2 Å². The van der Waals surface area contributed by atoms with E-state index >= 15 is 0 Å². The van der Waals surface area contributed by atoms with Crippen molar-refractivity contribution in [2.75, 3.05) is 5.88 Å². The van der Waals surface area contributed by atoms with Gasteiger partial charge in [-0.05, 0) is 36.1 Å². The summed E-state index contributed by atoms with van der Waals surface area (Å²) in [6.45, 7) is 3.92. The van der Waals surface area contributed by atoms with Crippen LogP contribution in [-0.4, -0.2) is 11.8 Å². The van der Waals surface area contributed by atoms with E-state index in [0.29, 0.717) is 11.4 Å². The molecule has 0 aliphatic heterocycles. The van der Waals surface area contributed by atoms with Gasteiger partial charge < -0.3 is 4.74 Å². The fourth-order valence-corrected chi connectivity index (χ4v) is 1.71. The zero-order valence-corrected chi connectivity index (χ0v) is 9.91. The van der Waals surface area contributed by atoms with Crippen molar-refractivity contribution in [2.45, 2.75) is 19.8 Å². The minimum Gasteiger partial charge on any atom is -0.347 e. The highest BCUT2D eigenvalue weighted by molar-refractivity contribution is 6.18. The monoisotopic (exact) mass is 237 g/mol. The standard InChI is InChI=1S/C12H12ClNO2/c1-8-5-10(12(15)16-7-14)3-4-11(8)9(2)6-13/h3-5,9H,6H2,1-2H3. The van der Waals surface area contributed by atoms with E-state index in [4.69, 9.17) is 16.9 Å². The number of nitriles is 1. The maximum absolute atomic E-state index is 11.3. The number of hydrogen-bond acceptors (Lipinski definition) is 3. The molecule has 4 heteroatoms. The van der Waals surface area contributed by atoms with Crippen molar-refractivity contribution in [1.82, 2.24) is 0 Å². The van der Waals surface area contributed by atoms with Gasteiger partial charge in [0.1, 0.15) is 0 Å². The molecule has 1 aromatic carbocycles. The molecule has 0 aromatic heterocycles. The molecule has 0 radical (unpaired) electrons. The maximum atomic E-state index is 11.3. The smallest absolute Gasteiger partial charge is 0.347 e. The summed E-state index contributed by atoms with van der Waals surface area (Å²) in [5, 5.41) is 8.24. The van der Waals surface area contributed by atoms with Crippen LogP contribution in [0.2, 0.25) is 0 Å². The summed E-state index contributed by atoms with van der Waals surface area (Å²) >= 11 is 5.78. The van der Waals surface area contributed by atoms with Gasteiger partial charge in [-0.25, -0.2) is 4.79 Å². The fourth-order valence-electron chi connectivity index (χ4n) is 1.54. The van der Waals surface area contributed by atoms with Gasteiger partial charge in [0.15, 0.2) is 0 Å². The molecule has 0 fully saturated rings. The molecule has 3 nitrogen and oxygen atoms in total. The van der Waals surface area contributed by atoms with Crippen molar-refractivity contribution < 1.29 is 9.53 Å². The number of alkyl halides is 1. The number of esters is 1. The number of hydrogen-bond donors (Lipinski definition) is 0. The third kappa shape index (κ3) is 2.74. The Hall–Kier alpha value is -1.53. The molecule has 0 saturated heterocycles. The van der Waals surface area contributed by atoms with Crippen molar-refractivity contribution >= 4 is 17.6 Å². The van der Waals surface area contributed by atoms with Crippen LogP contribution in [0.25, 0.3) is 0 Å². The molecule has 1 rings (SSSR count). The molecule has 84 valence electrons. The number of carbonyl (C=O) groups is 1. The molecule has 0 bridgehead atoms. The second-order valence-corrected chi connectivity index (χ2v) is 3.92. The van der Waals surface area contributed by atoms with E-state index in [9.17, 15) is 4.79 Å². The van der Waals surface area contributed by atoms with Crippen molar-refractivity contribution in [3.63, 3.8) is 0 Å². The van der Waals surface area contributed by atoms with Crippen molar-refractivity contribution in [2.24, 2.45) is 0 Å². The van der Waals surface area contributed by atoms with Crippen LogP contribution in [0, 0.1) is 18.4 Å². The van der Waals surface area contributed by atoms with Gasteiger partial charge >= 0.3 is 5.97 Å². The Kier molecular flexibility index (Phi) is 4.33. The SMILES string of the molecule is Cc1cc(C(=O)OC#N)ccc1C(C)CCl. The predicted octanol–water partition coefficient (Wildman–Crippen LogP) is 2.98. The second-order valence-electron chi connectivity index (χ2n) is 3.61. The lowest BCUT2D eigenvalue weighted by Crippen LogP contribution is -2.04. The summed E-state index contributed by atoms with van der Waals surface area (Å²) in [7, 11) is 0. The van der Waals surface area contributed by atoms with Crippen LogP contribution in [0.5, 0.6) is 0 Å². The maximum Gasteiger partial charge on any atom is 0.353 e. The first-order valence-corrected chi connectivity index (χ1v) is 5.40. The van der Waals surface area contributed by atoms with E-state index in [1.165, 1.54) is 6.26 Å². The van der Waals surface area contributed by atoms with Crippen molar-refractivity contribution in [3.05, 3.63) is 34.9 Å². The highest BCUT2D eigenvalue weighted by Gasteiger charge is 2.12. The van der Waals surface area contributed by atoms with Gasteiger partial charge in [-0.3, -0.25) is 0 Å². The molecule has 1 aromatic rings. The lowest BCUT2D eigenvalue weighted by molar-refractivity contribution is 0.0685. The minimum atomic E-state index is -0.629. The Morgan fingerprint density at radius 2 is 2.31 bits per heavy atom. The van der Waals surface area contributed by atoms with E-state index in [1.807, 2.05) is 19.9 Å². The normalized spacial score (nSPS) is 11.6. The van der Waals surface area contributed by atoms with E-state index < -0.39 is 5.97 Å². The van der Waals surface area contributed by atoms with E-state index in [0.717, 1.165) is 11.1 Å². The van der Waals surface area contributed by atoms with Gasteiger partial charge in [-0.15, -0.1) is 16.9 Å². The molecule has 1 unspecified atom stereocenters. The summed E-state index contributed by atoms with van der Waals surface area (Å²) < 4.78 is 4.25. The molecule has 0 heterocycles. The molecular weight excluding hydrogens is 226 g/mol. The zero-order valence-electron chi connectivity index (χ0n) is 9.16. The predicted molar refractivity (Wildman–Crippen MR) is 61.3 cm³/mol. The lowest BCUT2D eigenvalue weighted by Gasteiger charge is -2.12. The topological polar surface area (TPSA) is 50.1 Å². The Labute approximate surface area is 99.6 Å². The number of carbonyl (C=O) groups excluding carboxylic acids is 1. The van der Waals surface area contributed by atoms with Crippen LogP contribution in [-0.2, 0) is 4.74 Å². The summed E-state index contributed by atoms with van der Waals surface area (Å²) in [5.74, 6) is 0.140. The fraction of sp³-hybridized carbons (Fsp3) is 0.333. The number of nitrogens with zero attached hydrogens (tertiary/aromatic N) is 1. The molecule has 0 N–H and O–H groups in total. The van der Waals surface area contributed by atoms with Gasteiger partial charge in [-0.1, -0.05) is 13.0 Å². The minimum absolute atomic E-state index is 0.239. The van der Waals surface area contributed by atoms with Gasteiger partial charge in [0.25, 0.3) is 6.26 Å². The number of benzene rings is 1. The third-order valence-corrected chi connectivity index (χ3v) is 2.87. The van der Waals surface area contributed by atoms with Crippen molar-refractivity contribution in [3.8, 4) is 6.26 Å². The Morgan fingerprint density at radius 1 is 1.62 bits per heavy atom. The Morgan fingerprint density at radius 3 is 2.81 bits per heavy atom. The Balaban J connectivity index is 3.00. The van der Waals surface area contributed by atoms with Crippen molar-refractivity contribution in [1.29, 1.82) is 5.26 Å². The first-order valence-electron chi connectivity index (χ1n) is 4.87. The van der Waals surface area contributed by atoms with E-state index in [2.05, 4.69) is 4.74 Å². The summed E-state index contributed by atoms with van der Waals surface area (Å²) in [6.07, 6.45) is 1.36. The molecule has 1 atom stereocenters. The lowest BCUT2D eigenvalue weighted by atomic mass is 9.96. The van der Waals surface area contributed by atoms with Crippen LogP contribution < -0.4 is 0 Å². The molecular formula is C12H12ClNO2. The third-order valence-electron chi connectivity index (χ3n) is 2.41. The van der Waals surface area contributed by atoms with Crippen LogP contribution in [0.4, 0.5) is 0 Å². The van der Waals surface area contributed by atoms with Gasteiger partial charge in [0.2, 0.25) is 0 Å². The average Bonchev–Trinajstić information content (AvgIpc) is 2.28. The van der Waals surface area contributed by atoms with Crippen LogP contribution in [0.1, 0.15) is 34.3 Å². The van der Waals surface area contributed by atoms with Crippen LogP contribution >= 0.6 is 11.6 Å². The number of halogens is 1. The quantitative estimate of drug-likeness (QED) is 0.461. The number of ether oxygens (including phenoxy) is 1. The second kappa shape index (κ2) is 5.53. The first kappa shape index (κ1) is 12.5. The molecule has 0 amide bonds. The van der Waals surface area contributed by atoms with Gasteiger partial charge in [0, 0.05) is 5.88 Å². The molecule has 0 aliphatic carbocycles. The Bertz CT molecular complexity index is 437. The van der Waals surface area contributed by atoms with E-state index in [-0.39, 0.29) is 5.92 Å². The van der Waals surface area contributed by atoms with Gasteiger partial charge in [-0.2, -0.15) is 0 Å².